The third kappa shape index (κ3) is 4.82. The number of nitrogens with one attached hydrogen (secondary N) is 1. The Bertz CT molecular complexity index is 776. The Labute approximate surface area is 149 Å². The number of rotatable bonds is 5. The van der Waals surface area contributed by atoms with Gasteiger partial charge in [-0.05, 0) is 31.9 Å². The van der Waals surface area contributed by atoms with E-state index in [4.69, 9.17) is 0 Å². The van der Waals surface area contributed by atoms with Gasteiger partial charge in [-0.1, -0.05) is 18.6 Å². The maximum Gasteiger partial charge on any atom is 0.405 e. The average Bonchev–Trinajstić information content (AvgIpc) is 2.59. The van der Waals surface area contributed by atoms with Crippen LogP contribution in [0.3, 0.4) is 0 Å². The molecule has 1 amide bonds. The van der Waals surface area contributed by atoms with Crippen LogP contribution in [-0.4, -0.2) is 49.7 Å². The Morgan fingerprint density at radius 1 is 1.19 bits per heavy atom. The molecule has 1 unspecified atom stereocenters. The lowest BCUT2D eigenvalue weighted by atomic mass is 10.0. The lowest BCUT2D eigenvalue weighted by Gasteiger charge is -2.33. The van der Waals surface area contributed by atoms with Gasteiger partial charge in [0.25, 0.3) is 0 Å². The molecule has 1 atom stereocenters. The van der Waals surface area contributed by atoms with E-state index in [0.717, 1.165) is 4.31 Å². The molecule has 144 valence electrons. The van der Waals surface area contributed by atoms with Gasteiger partial charge in [-0.15, -0.1) is 0 Å². The number of alkyl halides is 3. The molecular weight excluding hydrogens is 373 g/mol. The number of ketones is 1. The summed E-state index contributed by atoms with van der Waals surface area (Å²) in [7, 11) is -4.07. The summed E-state index contributed by atoms with van der Waals surface area (Å²) in [6.45, 7) is -0.125. The van der Waals surface area contributed by atoms with Crippen LogP contribution in [0.4, 0.5) is 13.2 Å². The molecule has 1 aromatic carbocycles. The van der Waals surface area contributed by atoms with E-state index < -0.39 is 34.7 Å². The molecule has 0 saturated carbocycles. The molecule has 0 radical (unpaired) electrons. The average molecular weight is 392 g/mol. The molecule has 1 aliphatic rings. The highest BCUT2D eigenvalue weighted by molar-refractivity contribution is 7.89. The van der Waals surface area contributed by atoms with E-state index in [0.29, 0.717) is 18.4 Å². The summed E-state index contributed by atoms with van der Waals surface area (Å²) in [5.74, 6) is -1.19. The highest BCUT2D eigenvalue weighted by Gasteiger charge is 2.39. The summed E-state index contributed by atoms with van der Waals surface area (Å²) in [4.78, 5) is 23.3. The van der Waals surface area contributed by atoms with Gasteiger partial charge in [0.1, 0.15) is 12.6 Å². The van der Waals surface area contributed by atoms with Crippen molar-refractivity contribution in [2.75, 3.05) is 13.1 Å². The fourth-order valence-electron chi connectivity index (χ4n) is 2.76. The number of piperidine rings is 1. The van der Waals surface area contributed by atoms with Gasteiger partial charge in [0.05, 0.1) is 4.90 Å². The van der Waals surface area contributed by atoms with Crippen molar-refractivity contribution in [1.29, 1.82) is 0 Å². The van der Waals surface area contributed by atoms with Crippen LogP contribution in [0.15, 0.2) is 29.2 Å². The molecule has 0 spiro atoms. The van der Waals surface area contributed by atoms with Crippen LogP contribution < -0.4 is 5.32 Å². The van der Waals surface area contributed by atoms with E-state index in [2.05, 4.69) is 0 Å². The summed E-state index contributed by atoms with van der Waals surface area (Å²) in [6, 6.07) is 4.04. The first kappa shape index (κ1) is 20.4. The quantitative estimate of drug-likeness (QED) is 0.778. The highest BCUT2D eigenvalue weighted by atomic mass is 32.2. The van der Waals surface area contributed by atoms with E-state index in [1.54, 1.807) is 5.32 Å². The predicted octanol–water partition coefficient (Wildman–Crippen LogP) is 2.11. The molecule has 1 heterocycles. The van der Waals surface area contributed by atoms with Gasteiger partial charge >= 0.3 is 6.18 Å². The minimum atomic E-state index is -4.57. The van der Waals surface area contributed by atoms with Crippen LogP contribution in [-0.2, 0) is 14.8 Å². The minimum Gasteiger partial charge on any atom is -0.346 e. The third-order valence-electron chi connectivity index (χ3n) is 4.09. The first-order valence-electron chi connectivity index (χ1n) is 8.00. The van der Waals surface area contributed by atoms with Gasteiger partial charge in [-0.25, -0.2) is 8.42 Å². The summed E-state index contributed by atoms with van der Waals surface area (Å²) in [5, 5.41) is 1.76. The molecule has 26 heavy (non-hydrogen) atoms. The van der Waals surface area contributed by atoms with Crippen LogP contribution in [0.25, 0.3) is 0 Å². The first-order valence-corrected chi connectivity index (χ1v) is 9.44. The zero-order valence-electron chi connectivity index (χ0n) is 14.0. The fourth-order valence-corrected chi connectivity index (χ4v) is 4.41. The molecule has 0 bridgehead atoms. The number of hydrogen-bond acceptors (Lipinski definition) is 4. The van der Waals surface area contributed by atoms with Crippen molar-refractivity contribution in [3.63, 3.8) is 0 Å². The van der Waals surface area contributed by atoms with Gasteiger partial charge in [0.2, 0.25) is 15.9 Å². The van der Waals surface area contributed by atoms with Crippen molar-refractivity contribution < 1.29 is 31.2 Å². The van der Waals surface area contributed by atoms with Gasteiger partial charge in [-0.3, -0.25) is 9.59 Å². The van der Waals surface area contributed by atoms with Crippen molar-refractivity contribution in [3.8, 4) is 0 Å². The second-order valence-corrected chi connectivity index (χ2v) is 7.93. The van der Waals surface area contributed by atoms with E-state index in [9.17, 15) is 31.2 Å². The van der Waals surface area contributed by atoms with E-state index in [-0.39, 0.29) is 23.6 Å². The van der Waals surface area contributed by atoms with Crippen molar-refractivity contribution in [2.24, 2.45) is 0 Å². The van der Waals surface area contributed by atoms with Gasteiger partial charge < -0.3 is 5.32 Å². The van der Waals surface area contributed by atoms with Crippen LogP contribution in [0.2, 0.25) is 0 Å². The molecule has 1 aliphatic heterocycles. The highest BCUT2D eigenvalue weighted by Crippen LogP contribution is 2.26. The summed E-state index contributed by atoms with van der Waals surface area (Å²) in [5.41, 5.74) is 0.335. The second kappa shape index (κ2) is 7.75. The molecular formula is C16H19F3N2O4S. The normalized spacial score (nSPS) is 19.2. The summed E-state index contributed by atoms with van der Waals surface area (Å²) < 4.78 is 63.5. The Hall–Kier alpha value is -1.94. The van der Waals surface area contributed by atoms with Gasteiger partial charge in [-0.2, -0.15) is 17.5 Å². The lowest BCUT2D eigenvalue weighted by Crippen LogP contribution is -2.52. The predicted molar refractivity (Wildman–Crippen MR) is 87.0 cm³/mol. The molecule has 2 rings (SSSR count). The second-order valence-electron chi connectivity index (χ2n) is 6.04. The molecule has 10 heteroatoms. The van der Waals surface area contributed by atoms with Crippen LogP contribution in [0, 0.1) is 0 Å². The van der Waals surface area contributed by atoms with Gasteiger partial charge in [0.15, 0.2) is 5.78 Å². The lowest BCUT2D eigenvalue weighted by molar-refractivity contribution is -0.141. The van der Waals surface area contributed by atoms with E-state index >= 15 is 0 Å². The SMILES string of the molecule is CC(=O)c1ccc(S(=O)(=O)N2CCCCC2C(=O)NCC(F)(F)F)cc1. The zero-order chi connectivity index (χ0) is 19.5. The minimum absolute atomic E-state index is 0.0426. The number of halogens is 3. The topological polar surface area (TPSA) is 83.6 Å². The number of carbonyl (C=O) groups is 2. The van der Waals surface area contributed by atoms with Gasteiger partial charge in [0, 0.05) is 12.1 Å². The standard InChI is InChI=1S/C16H19F3N2O4S/c1-11(22)12-5-7-13(8-6-12)26(24,25)21-9-3-2-4-14(21)15(23)20-10-16(17,18)19/h5-8,14H,2-4,9-10H2,1H3,(H,20,23). The Kier molecular flexibility index (Phi) is 6.07. The number of nitrogens with zero attached hydrogens (tertiary/aromatic N) is 1. The van der Waals surface area contributed by atoms with Crippen molar-refractivity contribution in [1.82, 2.24) is 9.62 Å². The third-order valence-corrected chi connectivity index (χ3v) is 6.01. The maximum atomic E-state index is 12.8. The number of hydrogen-bond donors (Lipinski definition) is 1. The molecule has 6 nitrogen and oxygen atoms in total. The fraction of sp³-hybridized carbons (Fsp3) is 0.500. The van der Waals surface area contributed by atoms with Crippen LogP contribution >= 0.6 is 0 Å². The van der Waals surface area contributed by atoms with E-state index in [1.165, 1.54) is 31.2 Å². The number of sulfonamides is 1. The molecule has 1 saturated heterocycles. The number of benzene rings is 1. The Balaban J connectivity index is 2.24. The molecule has 1 N–H and O–H groups in total. The number of Topliss-reactive ketones (excluding diaryl/α,β-unsaturated/α-hetero) is 1. The first-order chi connectivity index (χ1) is 12.0. The van der Waals surface area contributed by atoms with Crippen molar-refractivity contribution in [2.45, 2.75) is 43.3 Å². The zero-order valence-corrected chi connectivity index (χ0v) is 14.9. The number of carbonyl (C=O) groups excluding carboxylic acids is 2. The Morgan fingerprint density at radius 2 is 1.81 bits per heavy atom. The monoisotopic (exact) mass is 392 g/mol. The van der Waals surface area contributed by atoms with Crippen molar-refractivity contribution in [3.05, 3.63) is 29.8 Å². The molecule has 0 aromatic heterocycles. The van der Waals surface area contributed by atoms with Crippen LogP contribution in [0.1, 0.15) is 36.5 Å². The molecule has 1 aromatic rings. The largest absolute Gasteiger partial charge is 0.405 e. The van der Waals surface area contributed by atoms with Crippen molar-refractivity contribution >= 4 is 21.7 Å². The summed E-state index contributed by atoms with van der Waals surface area (Å²) in [6.07, 6.45) is -3.38. The van der Waals surface area contributed by atoms with E-state index in [1.807, 2.05) is 0 Å². The number of amides is 1. The van der Waals surface area contributed by atoms with Crippen LogP contribution in [0.5, 0.6) is 0 Å². The molecule has 0 aliphatic carbocycles. The summed E-state index contributed by atoms with van der Waals surface area (Å²) >= 11 is 0. The maximum absolute atomic E-state index is 12.8. The Morgan fingerprint density at radius 3 is 2.35 bits per heavy atom. The molecule has 1 fully saturated rings. The smallest absolute Gasteiger partial charge is 0.346 e.